The van der Waals surface area contributed by atoms with Gasteiger partial charge in [-0.3, -0.25) is 0 Å². The molecule has 1 rings (SSSR count). The Balaban J connectivity index is 0. The zero-order valence-electron chi connectivity index (χ0n) is 6.17. The molecule has 0 aliphatic heterocycles. The molecule has 1 nitrogen and oxygen atoms in total. The van der Waals surface area contributed by atoms with E-state index in [1.54, 1.807) is 0 Å². The van der Waals surface area contributed by atoms with Gasteiger partial charge in [-0.05, 0) is 6.54 Å². The molecule has 0 amide bonds. The molecule has 0 fully saturated rings. The van der Waals surface area contributed by atoms with E-state index in [4.69, 9.17) is 5.73 Å². The van der Waals surface area contributed by atoms with E-state index in [-0.39, 0.29) is 40.1 Å². The van der Waals surface area contributed by atoms with Crippen LogP contribution in [-0.2, 0) is 39.3 Å². The third kappa shape index (κ3) is 4.16. The van der Waals surface area contributed by atoms with Crippen molar-refractivity contribution in [1.82, 2.24) is 0 Å². The Morgan fingerprint density at radius 2 is 2.10 bits per heavy atom. The normalized spacial score (nSPS) is 7.30. The fraction of sp³-hybridized carbons (Fsp3) is 0.125. The number of hydrogen-bond donors (Lipinski definition) is 1. The zero-order valence-corrected chi connectivity index (χ0v) is 9.01. The van der Waals surface area contributed by atoms with Gasteiger partial charge in [0.1, 0.15) is 0 Å². The summed E-state index contributed by atoms with van der Waals surface area (Å²) < 4.78 is 0. The Bertz CT molecular complexity index is 151. The number of benzene rings is 1. The molecule has 0 aliphatic carbocycles. The maximum Gasteiger partial charge on any atom is 0 e. The molecule has 1 aromatic carbocycles. The summed E-state index contributed by atoms with van der Waals surface area (Å²) >= 11 is 0. The van der Waals surface area contributed by atoms with E-state index in [2.05, 4.69) is 6.07 Å². The number of nitrogens with two attached hydrogens (primary N) is 1. The van der Waals surface area contributed by atoms with E-state index in [0.717, 1.165) is 5.56 Å². The van der Waals surface area contributed by atoms with Crippen LogP contribution in [0.5, 0.6) is 0 Å². The van der Waals surface area contributed by atoms with E-state index >= 15 is 0 Å². The summed E-state index contributed by atoms with van der Waals surface area (Å²) in [6.07, 6.45) is 0. The van der Waals surface area contributed by atoms with E-state index in [1.807, 2.05) is 24.3 Å². The van der Waals surface area contributed by atoms with Crippen molar-refractivity contribution >= 4 is 0 Å². The van der Waals surface area contributed by atoms with Gasteiger partial charge < -0.3 is 13.2 Å². The smallest absolute Gasteiger partial charge is 0 e. The maximum absolute atomic E-state index is 5.32. The second-order valence-electron chi connectivity index (χ2n) is 1.59. The minimum absolute atomic E-state index is 0. The van der Waals surface area contributed by atoms with Gasteiger partial charge in [-0.1, -0.05) is 0 Å². The summed E-state index contributed by atoms with van der Waals surface area (Å²) in [6.45, 7) is 0.584. The first kappa shape index (κ1) is 12.9. The SMILES string of the molecule is NCc1[c-]cccc1.[CH3-].[Y]. The first-order chi connectivity index (χ1) is 3.93. The molecule has 0 aromatic heterocycles. The minimum atomic E-state index is 0. The second kappa shape index (κ2) is 7.39. The molecule has 0 spiro atoms. The summed E-state index contributed by atoms with van der Waals surface area (Å²) in [5.74, 6) is 0. The van der Waals surface area contributed by atoms with Crippen molar-refractivity contribution < 1.29 is 32.7 Å². The minimum Gasteiger partial charge on any atom is -0.358 e. The third-order valence-electron chi connectivity index (χ3n) is 0.993. The van der Waals surface area contributed by atoms with Gasteiger partial charge in [-0.25, -0.2) is 0 Å². The third-order valence-corrected chi connectivity index (χ3v) is 0.993. The molecular formula is C8H11NY-2. The molecule has 0 saturated carbocycles. The fourth-order valence-electron chi connectivity index (χ4n) is 0.557. The Hall–Kier alpha value is 0.284. The van der Waals surface area contributed by atoms with Crippen LogP contribution >= 0.6 is 0 Å². The Labute approximate surface area is 87.9 Å². The molecule has 0 aliphatic rings. The van der Waals surface area contributed by atoms with Crippen LogP contribution in [0.25, 0.3) is 0 Å². The van der Waals surface area contributed by atoms with Gasteiger partial charge in [-0.2, -0.15) is 30.3 Å². The molecule has 0 bridgehead atoms. The fourth-order valence-corrected chi connectivity index (χ4v) is 0.557. The molecule has 0 unspecified atom stereocenters. The number of hydrogen-bond acceptors (Lipinski definition) is 1. The van der Waals surface area contributed by atoms with Crippen LogP contribution in [0.4, 0.5) is 0 Å². The van der Waals surface area contributed by atoms with Gasteiger partial charge in [0.05, 0.1) is 0 Å². The zero-order chi connectivity index (χ0) is 5.82. The summed E-state index contributed by atoms with van der Waals surface area (Å²) in [5, 5.41) is 0. The second-order valence-corrected chi connectivity index (χ2v) is 1.59. The Morgan fingerprint density at radius 1 is 1.40 bits per heavy atom. The quantitative estimate of drug-likeness (QED) is 0.696. The molecule has 2 N–H and O–H groups in total. The van der Waals surface area contributed by atoms with Crippen LogP contribution in [0.1, 0.15) is 5.56 Å². The van der Waals surface area contributed by atoms with Crippen LogP contribution in [-0.4, -0.2) is 0 Å². The predicted molar refractivity (Wildman–Crippen MR) is 39.6 cm³/mol. The largest absolute Gasteiger partial charge is 0.358 e. The summed E-state index contributed by atoms with van der Waals surface area (Å²) in [5.41, 5.74) is 6.38. The standard InChI is InChI=1S/C7H8N.CH3.Y/c8-6-7-4-2-1-3-5-7;;/h1-4H,6,8H2;1H3;/q2*-1;. The summed E-state index contributed by atoms with van der Waals surface area (Å²) in [7, 11) is 0. The number of rotatable bonds is 1. The van der Waals surface area contributed by atoms with Crippen LogP contribution in [0.2, 0.25) is 0 Å². The van der Waals surface area contributed by atoms with Gasteiger partial charge in [0.2, 0.25) is 0 Å². The van der Waals surface area contributed by atoms with Gasteiger partial charge in [0, 0.05) is 32.7 Å². The first-order valence-corrected chi connectivity index (χ1v) is 2.59. The summed E-state index contributed by atoms with van der Waals surface area (Å²) in [4.78, 5) is 0. The average molecular weight is 210 g/mol. The van der Waals surface area contributed by atoms with Gasteiger partial charge in [-0.15, -0.1) is 5.56 Å². The Kier molecular flexibility index (Phi) is 9.55. The first-order valence-electron chi connectivity index (χ1n) is 2.59. The van der Waals surface area contributed by atoms with Crippen molar-refractivity contribution in [3.05, 3.63) is 43.3 Å². The van der Waals surface area contributed by atoms with Crippen LogP contribution < -0.4 is 5.73 Å². The molecule has 1 radical (unpaired) electrons. The predicted octanol–water partition coefficient (Wildman–Crippen LogP) is 1.39. The van der Waals surface area contributed by atoms with Crippen LogP contribution in [0, 0.1) is 13.5 Å². The molecule has 1 aromatic rings. The van der Waals surface area contributed by atoms with Crippen molar-refractivity contribution in [2.24, 2.45) is 5.73 Å². The average Bonchev–Trinajstić information content (AvgIpc) is 1.90. The van der Waals surface area contributed by atoms with Crippen molar-refractivity contribution in [1.29, 1.82) is 0 Å². The van der Waals surface area contributed by atoms with Gasteiger partial charge >= 0.3 is 0 Å². The molecular weight excluding hydrogens is 199 g/mol. The monoisotopic (exact) mass is 210 g/mol. The molecule has 0 atom stereocenters. The maximum atomic E-state index is 5.32. The van der Waals surface area contributed by atoms with E-state index < -0.39 is 0 Å². The van der Waals surface area contributed by atoms with Crippen LogP contribution in [0.15, 0.2) is 24.3 Å². The van der Waals surface area contributed by atoms with Gasteiger partial charge in [0.15, 0.2) is 0 Å². The van der Waals surface area contributed by atoms with E-state index in [9.17, 15) is 0 Å². The molecule has 10 heavy (non-hydrogen) atoms. The summed E-state index contributed by atoms with van der Waals surface area (Å²) in [6, 6.07) is 10.7. The molecule has 0 saturated heterocycles. The molecule has 53 valence electrons. The Morgan fingerprint density at radius 3 is 2.40 bits per heavy atom. The van der Waals surface area contributed by atoms with Crippen molar-refractivity contribution in [2.75, 3.05) is 0 Å². The van der Waals surface area contributed by atoms with Crippen molar-refractivity contribution in [2.45, 2.75) is 6.54 Å². The van der Waals surface area contributed by atoms with Crippen LogP contribution in [0.3, 0.4) is 0 Å². The van der Waals surface area contributed by atoms with Gasteiger partial charge in [0.25, 0.3) is 0 Å². The van der Waals surface area contributed by atoms with E-state index in [0.29, 0.717) is 6.54 Å². The van der Waals surface area contributed by atoms with Crippen molar-refractivity contribution in [3.8, 4) is 0 Å². The molecule has 0 heterocycles. The molecule has 2 heteroatoms. The van der Waals surface area contributed by atoms with E-state index in [1.165, 1.54) is 0 Å². The topological polar surface area (TPSA) is 26.0 Å². The van der Waals surface area contributed by atoms with Crippen molar-refractivity contribution in [3.63, 3.8) is 0 Å².